The fourth-order valence-corrected chi connectivity index (χ4v) is 2.61. The van der Waals surface area contributed by atoms with E-state index in [0.29, 0.717) is 28.0 Å². The molecule has 1 atom stereocenters. The van der Waals surface area contributed by atoms with Crippen molar-refractivity contribution in [2.24, 2.45) is 0 Å². The van der Waals surface area contributed by atoms with Crippen LogP contribution in [-0.2, 0) is 6.42 Å². The molecule has 0 aliphatic rings. The van der Waals surface area contributed by atoms with Crippen LogP contribution in [0.3, 0.4) is 0 Å². The van der Waals surface area contributed by atoms with E-state index in [0.717, 1.165) is 5.56 Å². The molecule has 112 valence electrons. The van der Waals surface area contributed by atoms with Crippen molar-refractivity contribution in [2.45, 2.75) is 12.5 Å². The molecule has 0 radical (unpaired) electrons. The molecule has 1 N–H and O–H groups in total. The highest BCUT2D eigenvalue weighted by atomic mass is 79.9. The molecule has 0 spiro atoms. The Hall–Kier alpha value is -1.59. The van der Waals surface area contributed by atoms with Crippen molar-refractivity contribution in [3.05, 3.63) is 57.8 Å². The Morgan fingerprint density at radius 3 is 2.52 bits per heavy atom. The zero-order valence-corrected chi connectivity index (χ0v) is 13.4. The highest BCUT2D eigenvalue weighted by Crippen LogP contribution is 2.32. The lowest BCUT2D eigenvalue weighted by molar-refractivity contribution is 0.173. The summed E-state index contributed by atoms with van der Waals surface area (Å²) in [6.45, 7) is 0. The first-order valence-electron chi connectivity index (χ1n) is 6.39. The fourth-order valence-electron chi connectivity index (χ4n) is 2.10. The molecule has 2 rings (SSSR count). The van der Waals surface area contributed by atoms with E-state index in [-0.39, 0.29) is 5.82 Å². The lowest BCUT2D eigenvalue weighted by atomic mass is 10.0. The molecule has 3 nitrogen and oxygen atoms in total. The second-order valence-corrected chi connectivity index (χ2v) is 5.42. The fraction of sp³-hybridized carbons (Fsp3) is 0.250. The molecular weight excluding hydrogens is 339 g/mol. The number of aliphatic hydroxyl groups excluding tert-OH is 1. The minimum Gasteiger partial charge on any atom is -0.497 e. The van der Waals surface area contributed by atoms with Crippen LogP contribution >= 0.6 is 15.9 Å². The zero-order valence-electron chi connectivity index (χ0n) is 11.8. The number of methoxy groups -OCH3 is 2. The van der Waals surface area contributed by atoms with Gasteiger partial charge in [-0.05, 0) is 29.8 Å². The van der Waals surface area contributed by atoms with Crippen LogP contribution in [0.25, 0.3) is 0 Å². The monoisotopic (exact) mass is 354 g/mol. The molecule has 0 aliphatic heterocycles. The van der Waals surface area contributed by atoms with Gasteiger partial charge in [0.15, 0.2) is 0 Å². The van der Waals surface area contributed by atoms with E-state index in [9.17, 15) is 9.50 Å². The second-order valence-electron chi connectivity index (χ2n) is 4.56. The highest BCUT2D eigenvalue weighted by Gasteiger charge is 2.16. The van der Waals surface area contributed by atoms with Crippen LogP contribution in [0, 0.1) is 5.82 Å². The Balaban J connectivity index is 2.25. The number of aliphatic hydroxyl groups is 1. The number of ether oxygens (including phenoxy) is 2. The van der Waals surface area contributed by atoms with Crippen LogP contribution in [0.1, 0.15) is 17.2 Å². The molecule has 5 heteroatoms. The molecule has 0 aliphatic carbocycles. The van der Waals surface area contributed by atoms with Gasteiger partial charge in [-0.2, -0.15) is 0 Å². The summed E-state index contributed by atoms with van der Waals surface area (Å²) in [6.07, 6.45) is -0.406. The Bertz CT molecular complexity index is 631. The molecular formula is C16H16BrFO3. The first-order valence-corrected chi connectivity index (χ1v) is 7.18. The molecule has 0 heterocycles. The van der Waals surface area contributed by atoms with Gasteiger partial charge in [0.1, 0.15) is 17.3 Å². The van der Waals surface area contributed by atoms with Crippen LogP contribution in [0.5, 0.6) is 11.5 Å². The first kappa shape index (κ1) is 15.8. The van der Waals surface area contributed by atoms with E-state index in [4.69, 9.17) is 9.47 Å². The van der Waals surface area contributed by atoms with Crippen LogP contribution < -0.4 is 9.47 Å². The summed E-state index contributed by atoms with van der Waals surface area (Å²) in [5, 5.41) is 10.4. The van der Waals surface area contributed by atoms with E-state index < -0.39 is 6.10 Å². The van der Waals surface area contributed by atoms with Gasteiger partial charge in [0.25, 0.3) is 0 Å². The van der Waals surface area contributed by atoms with E-state index in [2.05, 4.69) is 15.9 Å². The standard InChI is InChI=1S/C16H16BrFO3/c1-20-12-5-6-13(16(9-12)21-2)15(19)7-10-3-4-11(18)8-14(10)17/h3-6,8-9,15,19H,7H2,1-2H3. The SMILES string of the molecule is COc1ccc(C(O)Cc2ccc(F)cc2Br)c(OC)c1. The number of benzene rings is 2. The summed E-state index contributed by atoms with van der Waals surface area (Å²) in [5.41, 5.74) is 1.48. The molecule has 2 aromatic rings. The van der Waals surface area contributed by atoms with Crippen LogP contribution in [0.2, 0.25) is 0 Å². The number of halogens is 2. The van der Waals surface area contributed by atoms with Gasteiger partial charge >= 0.3 is 0 Å². The Kier molecular flexibility index (Phi) is 5.20. The van der Waals surface area contributed by atoms with Gasteiger partial charge in [-0.3, -0.25) is 0 Å². The number of hydrogen-bond donors (Lipinski definition) is 1. The maximum Gasteiger partial charge on any atom is 0.128 e. The molecule has 21 heavy (non-hydrogen) atoms. The van der Waals surface area contributed by atoms with Crippen molar-refractivity contribution in [2.75, 3.05) is 14.2 Å². The highest BCUT2D eigenvalue weighted by molar-refractivity contribution is 9.10. The normalized spacial score (nSPS) is 12.0. The molecule has 0 aromatic heterocycles. The predicted octanol–water partition coefficient (Wildman–Crippen LogP) is 3.88. The van der Waals surface area contributed by atoms with Crippen molar-refractivity contribution in [3.63, 3.8) is 0 Å². The van der Waals surface area contributed by atoms with E-state index in [1.54, 1.807) is 38.5 Å². The molecule has 0 amide bonds. The third-order valence-corrected chi connectivity index (χ3v) is 3.97. The van der Waals surface area contributed by atoms with Crippen molar-refractivity contribution >= 4 is 15.9 Å². The third-order valence-electron chi connectivity index (χ3n) is 3.23. The van der Waals surface area contributed by atoms with Crippen LogP contribution in [-0.4, -0.2) is 19.3 Å². The zero-order chi connectivity index (χ0) is 15.4. The molecule has 0 bridgehead atoms. The molecule has 2 aromatic carbocycles. The second kappa shape index (κ2) is 6.91. The number of rotatable bonds is 5. The van der Waals surface area contributed by atoms with Gasteiger partial charge in [0.05, 0.1) is 20.3 Å². The third kappa shape index (κ3) is 3.74. The van der Waals surface area contributed by atoms with E-state index in [1.165, 1.54) is 12.1 Å². The minimum absolute atomic E-state index is 0.317. The quantitative estimate of drug-likeness (QED) is 0.885. The lowest BCUT2D eigenvalue weighted by Gasteiger charge is -2.16. The predicted molar refractivity (Wildman–Crippen MR) is 82.3 cm³/mol. The molecule has 1 unspecified atom stereocenters. The Labute approximate surface area is 131 Å². The van der Waals surface area contributed by atoms with Crippen LogP contribution in [0.4, 0.5) is 4.39 Å². The molecule has 0 saturated carbocycles. The van der Waals surface area contributed by atoms with Gasteiger partial charge < -0.3 is 14.6 Å². The average molecular weight is 355 g/mol. The summed E-state index contributed by atoms with van der Waals surface area (Å²) < 4.78 is 24.1. The maximum absolute atomic E-state index is 13.1. The van der Waals surface area contributed by atoms with E-state index >= 15 is 0 Å². The van der Waals surface area contributed by atoms with Crippen molar-refractivity contribution < 1.29 is 19.0 Å². The van der Waals surface area contributed by atoms with Gasteiger partial charge in [0.2, 0.25) is 0 Å². The average Bonchev–Trinajstić information content (AvgIpc) is 2.49. The topological polar surface area (TPSA) is 38.7 Å². The first-order chi connectivity index (χ1) is 10.0. The maximum atomic E-state index is 13.1. The molecule has 0 fully saturated rings. The summed E-state index contributed by atoms with van der Waals surface area (Å²) in [6, 6.07) is 9.66. The van der Waals surface area contributed by atoms with Crippen molar-refractivity contribution in [3.8, 4) is 11.5 Å². The summed E-state index contributed by atoms with van der Waals surface area (Å²) in [5.74, 6) is 0.896. The summed E-state index contributed by atoms with van der Waals surface area (Å²) in [7, 11) is 3.11. The Morgan fingerprint density at radius 2 is 1.90 bits per heavy atom. The van der Waals surface area contributed by atoms with E-state index in [1.807, 2.05) is 0 Å². The van der Waals surface area contributed by atoms with Gasteiger partial charge in [-0.15, -0.1) is 0 Å². The van der Waals surface area contributed by atoms with Crippen molar-refractivity contribution in [1.82, 2.24) is 0 Å². The molecule has 0 saturated heterocycles. The van der Waals surface area contributed by atoms with Crippen LogP contribution in [0.15, 0.2) is 40.9 Å². The largest absolute Gasteiger partial charge is 0.497 e. The summed E-state index contributed by atoms with van der Waals surface area (Å²) in [4.78, 5) is 0. The van der Waals surface area contributed by atoms with Gasteiger partial charge in [0, 0.05) is 22.5 Å². The minimum atomic E-state index is -0.757. The smallest absolute Gasteiger partial charge is 0.128 e. The lowest BCUT2D eigenvalue weighted by Crippen LogP contribution is -2.05. The Morgan fingerprint density at radius 1 is 1.14 bits per heavy atom. The number of hydrogen-bond acceptors (Lipinski definition) is 3. The van der Waals surface area contributed by atoms with Gasteiger partial charge in [-0.25, -0.2) is 4.39 Å². The summed E-state index contributed by atoms with van der Waals surface area (Å²) >= 11 is 3.30. The van der Waals surface area contributed by atoms with Gasteiger partial charge in [-0.1, -0.05) is 22.0 Å². The van der Waals surface area contributed by atoms with Crippen molar-refractivity contribution in [1.29, 1.82) is 0 Å².